The van der Waals surface area contributed by atoms with Gasteiger partial charge in [-0.2, -0.15) is 0 Å². The summed E-state index contributed by atoms with van der Waals surface area (Å²) in [5, 5.41) is 15.4. The van der Waals surface area contributed by atoms with Crippen LogP contribution in [0.1, 0.15) is 55.1 Å². The van der Waals surface area contributed by atoms with Crippen molar-refractivity contribution in [2.45, 2.75) is 53.1 Å². The van der Waals surface area contributed by atoms with E-state index in [1.54, 1.807) is 0 Å². The number of hydrogen-bond donors (Lipinski definition) is 1. The van der Waals surface area contributed by atoms with E-state index in [0.29, 0.717) is 18.3 Å². The molecular formula is C13H20N4O2. The van der Waals surface area contributed by atoms with Crippen LogP contribution in [-0.4, -0.2) is 15.4 Å². The highest BCUT2D eigenvalue weighted by Crippen LogP contribution is 2.24. The van der Waals surface area contributed by atoms with E-state index >= 15 is 0 Å². The van der Waals surface area contributed by atoms with Crippen LogP contribution in [0.25, 0.3) is 0 Å². The molecule has 0 saturated carbocycles. The minimum atomic E-state index is 0.184. The molecule has 0 radical (unpaired) electrons. The summed E-state index contributed by atoms with van der Waals surface area (Å²) in [5.41, 5.74) is 2.05. The Morgan fingerprint density at radius 3 is 2.42 bits per heavy atom. The maximum atomic E-state index is 5.48. The van der Waals surface area contributed by atoms with Crippen molar-refractivity contribution < 1.29 is 8.94 Å². The Morgan fingerprint density at radius 2 is 1.89 bits per heavy atom. The minimum Gasteiger partial charge on any atom is -0.424 e. The second-order valence-electron chi connectivity index (χ2n) is 4.52. The molecule has 0 fully saturated rings. The molecule has 104 valence electrons. The lowest BCUT2D eigenvalue weighted by atomic mass is 10.0. The predicted molar refractivity (Wildman–Crippen MR) is 69.5 cm³/mol. The molecule has 0 amide bonds. The van der Waals surface area contributed by atoms with E-state index in [1.807, 2.05) is 20.8 Å². The molecule has 0 spiro atoms. The Hall–Kier alpha value is -1.69. The molecule has 0 aliphatic carbocycles. The van der Waals surface area contributed by atoms with Crippen LogP contribution >= 0.6 is 0 Å². The van der Waals surface area contributed by atoms with Crippen LogP contribution in [0.15, 0.2) is 8.94 Å². The molecule has 0 aliphatic rings. The van der Waals surface area contributed by atoms with E-state index in [0.717, 1.165) is 29.9 Å². The fourth-order valence-corrected chi connectivity index (χ4v) is 2.15. The topological polar surface area (TPSA) is 77.0 Å². The molecule has 0 aliphatic heterocycles. The van der Waals surface area contributed by atoms with Gasteiger partial charge in [0.25, 0.3) is 0 Å². The first kappa shape index (κ1) is 13.7. The monoisotopic (exact) mass is 264 g/mol. The van der Waals surface area contributed by atoms with E-state index in [9.17, 15) is 0 Å². The summed E-state index contributed by atoms with van der Waals surface area (Å²) in [7, 11) is 0. The number of aryl methyl sites for hydroxylation is 3. The zero-order valence-electron chi connectivity index (χ0n) is 11.9. The normalized spacial score (nSPS) is 12.8. The number of nitrogens with one attached hydrogen (secondary N) is 1. The molecule has 19 heavy (non-hydrogen) atoms. The first-order valence-electron chi connectivity index (χ1n) is 6.63. The van der Waals surface area contributed by atoms with Crippen LogP contribution in [0.3, 0.4) is 0 Å². The molecule has 0 aromatic carbocycles. The lowest BCUT2D eigenvalue weighted by Crippen LogP contribution is -2.21. The van der Waals surface area contributed by atoms with Crippen LogP contribution < -0.4 is 5.32 Å². The number of rotatable bonds is 6. The van der Waals surface area contributed by atoms with Crippen LogP contribution in [0.2, 0.25) is 0 Å². The van der Waals surface area contributed by atoms with E-state index in [4.69, 9.17) is 8.94 Å². The van der Waals surface area contributed by atoms with Gasteiger partial charge in [-0.05, 0) is 20.3 Å². The van der Waals surface area contributed by atoms with Crippen molar-refractivity contribution in [3.8, 4) is 0 Å². The second-order valence-corrected chi connectivity index (χ2v) is 4.52. The summed E-state index contributed by atoms with van der Waals surface area (Å²) >= 11 is 0. The highest BCUT2D eigenvalue weighted by Gasteiger charge is 2.19. The molecule has 0 saturated heterocycles. The zero-order valence-corrected chi connectivity index (χ0v) is 11.9. The lowest BCUT2D eigenvalue weighted by molar-refractivity contribution is 0.385. The summed E-state index contributed by atoms with van der Waals surface area (Å²) in [6.45, 7) is 8.55. The van der Waals surface area contributed by atoms with Crippen molar-refractivity contribution in [3.63, 3.8) is 0 Å². The average Bonchev–Trinajstić information content (AvgIpc) is 3.00. The first-order valence-corrected chi connectivity index (χ1v) is 6.63. The van der Waals surface area contributed by atoms with Gasteiger partial charge in [0.1, 0.15) is 5.76 Å². The largest absolute Gasteiger partial charge is 0.424 e. The third kappa shape index (κ3) is 3.01. The smallest absolute Gasteiger partial charge is 0.230 e. The quantitative estimate of drug-likeness (QED) is 0.863. The Labute approximate surface area is 112 Å². The van der Waals surface area contributed by atoms with Gasteiger partial charge >= 0.3 is 0 Å². The second kappa shape index (κ2) is 5.97. The van der Waals surface area contributed by atoms with Crippen molar-refractivity contribution in [3.05, 3.63) is 28.8 Å². The van der Waals surface area contributed by atoms with Crippen LogP contribution in [-0.2, 0) is 13.0 Å². The lowest BCUT2D eigenvalue weighted by Gasteiger charge is -2.15. The number of hydrogen-bond acceptors (Lipinski definition) is 6. The van der Waals surface area contributed by atoms with E-state index in [-0.39, 0.29) is 6.04 Å². The van der Waals surface area contributed by atoms with E-state index in [2.05, 4.69) is 27.6 Å². The Bertz CT molecular complexity index is 513. The first-order chi connectivity index (χ1) is 9.15. The van der Waals surface area contributed by atoms with Gasteiger partial charge in [0.15, 0.2) is 0 Å². The van der Waals surface area contributed by atoms with Crippen molar-refractivity contribution in [2.75, 3.05) is 0 Å². The van der Waals surface area contributed by atoms with Crippen LogP contribution in [0.4, 0.5) is 0 Å². The van der Waals surface area contributed by atoms with Crippen molar-refractivity contribution in [2.24, 2.45) is 0 Å². The molecule has 2 heterocycles. The fourth-order valence-electron chi connectivity index (χ4n) is 2.15. The Kier molecular flexibility index (Phi) is 4.31. The van der Waals surface area contributed by atoms with Gasteiger partial charge in [-0.1, -0.05) is 19.0 Å². The molecule has 1 N–H and O–H groups in total. The van der Waals surface area contributed by atoms with Gasteiger partial charge in [0.05, 0.1) is 12.2 Å². The summed E-state index contributed by atoms with van der Waals surface area (Å²) < 4.78 is 10.7. The van der Waals surface area contributed by atoms with Gasteiger partial charge in [0.2, 0.25) is 11.8 Å². The summed E-state index contributed by atoms with van der Waals surface area (Å²) in [5.74, 6) is 2.14. The van der Waals surface area contributed by atoms with Crippen molar-refractivity contribution in [1.29, 1.82) is 0 Å². The molecule has 1 unspecified atom stereocenters. The summed E-state index contributed by atoms with van der Waals surface area (Å²) in [4.78, 5) is 0. The molecule has 1 atom stereocenters. The van der Waals surface area contributed by atoms with E-state index in [1.165, 1.54) is 0 Å². The minimum absolute atomic E-state index is 0.184. The Morgan fingerprint density at radius 1 is 1.16 bits per heavy atom. The zero-order chi connectivity index (χ0) is 13.8. The summed E-state index contributed by atoms with van der Waals surface area (Å²) in [6.07, 6.45) is 1.70. The fraction of sp³-hybridized carbons (Fsp3) is 0.615. The maximum absolute atomic E-state index is 5.48. The number of aromatic nitrogens is 3. The number of nitrogens with zero attached hydrogens (tertiary/aromatic N) is 3. The van der Waals surface area contributed by atoms with Crippen LogP contribution in [0, 0.1) is 13.8 Å². The molecular weight excluding hydrogens is 244 g/mol. The third-order valence-electron chi connectivity index (χ3n) is 3.16. The van der Waals surface area contributed by atoms with Crippen molar-refractivity contribution in [1.82, 2.24) is 20.7 Å². The molecule has 6 heteroatoms. The summed E-state index contributed by atoms with van der Waals surface area (Å²) in [6, 6.07) is 0.184. The molecule has 2 rings (SSSR count). The predicted octanol–water partition coefficient (Wildman–Crippen LogP) is 2.48. The maximum Gasteiger partial charge on any atom is 0.230 e. The standard InChI is InChI=1S/C13H20N4O2/c1-5-10(13-8(3)17-19-9(13)4)14-7-12-16-15-11(6-2)18-12/h10,14H,5-7H2,1-4H3. The highest BCUT2D eigenvalue weighted by molar-refractivity contribution is 5.24. The van der Waals surface area contributed by atoms with Crippen LogP contribution in [0.5, 0.6) is 0 Å². The average molecular weight is 264 g/mol. The van der Waals surface area contributed by atoms with Gasteiger partial charge in [-0.3, -0.25) is 0 Å². The van der Waals surface area contributed by atoms with Crippen molar-refractivity contribution >= 4 is 0 Å². The van der Waals surface area contributed by atoms with Gasteiger partial charge in [-0.25, -0.2) is 0 Å². The van der Waals surface area contributed by atoms with Gasteiger partial charge in [0, 0.05) is 18.0 Å². The molecule has 2 aromatic heterocycles. The Balaban J connectivity index is 2.04. The van der Waals surface area contributed by atoms with Gasteiger partial charge < -0.3 is 14.3 Å². The molecule has 0 bridgehead atoms. The van der Waals surface area contributed by atoms with E-state index < -0.39 is 0 Å². The van der Waals surface area contributed by atoms with Gasteiger partial charge in [-0.15, -0.1) is 10.2 Å². The molecule has 6 nitrogen and oxygen atoms in total. The highest BCUT2D eigenvalue weighted by atomic mass is 16.5. The molecule has 2 aromatic rings. The SMILES string of the molecule is CCc1nnc(CNC(CC)c2c(C)noc2C)o1. The third-order valence-corrected chi connectivity index (χ3v) is 3.16.